The number of hydrogen-bond acceptors (Lipinski definition) is 1. The summed E-state index contributed by atoms with van der Waals surface area (Å²) in [6.07, 6.45) is 0. The van der Waals surface area contributed by atoms with Gasteiger partial charge in [0.05, 0.1) is 0 Å². The summed E-state index contributed by atoms with van der Waals surface area (Å²) >= 11 is 0. The number of benzene rings is 2. The molecule has 0 saturated carbocycles. The van der Waals surface area contributed by atoms with Gasteiger partial charge in [0.2, 0.25) is 0 Å². The van der Waals surface area contributed by atoms with Crippen molar-refractivity contribution in [3.05, 3.63) is 71.3 Å². The van der Waals surface area contributed by atoms with E-state index in [1.54, 1.807) is 0 Å². The Morgan fingerprint density at radius 2 is 1.65 bits per heavy atom. The van der Waals surface area contributed by atoms with E-state index in [4.69, 9.17) is 0 Å². The minimum atomic E-state index is -0.818. The smallest absolute Gasteiger partial charge is 0.315 e. The third-order valence-corrected chi connectivity index (χ3v) is 2.76. The summed E-state index contributed by atoms with van der Waals surface area (Å²) in [5, 5.41) is 9.37. The molecule has 1 atom stereocenters. The number of rotatable bonds is 3. The van der Waals surface area contributed by atoms with E-state index in [9.17, 15) is 9.90 Å². The van der Waals surface area contributed by atoms with Crippen molar-refractivity contribution in [2.45, 2.75) is 12.8 Å². The lowest BCUT2D eigenvalue weighted by molar-refractivity contribution is -0.137. The van der Waals surface area contributed by atoms with Crippen LogP contribution in [0.5, 0.6) is 0 Å². The molecule has 1 N–H and O–H groups in total. The zero-order valence-corrected chi connectivity index (χ0v) is 9.63. The van der Waals surface area contributed by atoms with Crippen LogP contribution in [0, 0.1) is 6.92 Å². The van der Waals surface area contributed by atoms with Crippen LogP contribution < -0.4 is 0 Å². The standard InChI is InChI=1S/C15H14O2/c1-11-6-5-9-13(10-11)14(15(16)17)12-7-3-2-4-8-12/h2-10,14H,1H3,(H,16,17). The van der Waals surface area contributed by atoms with Gasteiger partial charge in [-0.1, -0.05) is 60.2 Å². The van der Waals surface area contributed by atoms with Gasteiger partial charge in [-0.3, -0.25) is 4.79 Å². The molecule has 0 bridgehead atoms. The van der Waals surface area contributed by atoms with Crippen LogP contribution >= 0.6 is 0 Å². The molecule has 2 aromatic carbocycles. The van der Waals surface area contributed by atoms with Gasteiger partial charge in [0.15, 0.2) is 0 Å². The average molecular weight is 226 g/mol. The quantitative estimate of drug-likeness (QED) is 0.872. The highest BCUT2D eigenvalue weighted by atomic mass is 16.4. The van der Waals surface area contributed by atoms with Crippen molar-refractivity contribution < 1.29 is 9.90 Å². The molecule has 17 heavy (non-hydrogen) atoms. The molecule has 0 aliphatic heterocycles. The Labute approximate surface area is 101 Å². The summed E-state index contributed by atoms with van der Waals surface area (Å²) in [5.74, 6) is -1.40. The van der Waals surface area contributed by atoms with E-state index in [0.29, 0.717) is 0 Å². The van der Waals surface area contributed by atoms with Crippen molar-refractivity contribution in [2.75, 3.05) is 0 Å². The molecule has 0 aliphatic carbocycles. The van der Waals surface area contributed by atoms with Gasteiger partial charge < -0.3 is 5.11 Å². The van der Waals surface area contributed by atoms with Gasteiger partial charge in [0, 0.05) is 0 Å². The van der Waals surface area contributed by atoms with Crippen LogP contribution in [0.25, 0.3) is 0 Å². The summed E-state index contributed by atoms with van der Waals surface area (Å²) in [4.78, 5) is 11.4. The Morgan fingerprint density at radius 1 is 1.00 bits per heavy atom. The SMILES string of the molecule is Cc1cccc(C(C(=O)O)c2ccccc2)c1. The van der Waals surface area contributed by atoms with E-state index in [2.05, 4.69) is 0 Å². The lowest BCUT2D eigenvalue weighted by atomic mass is 9.91. The van der Waals surface area contributed by atoms with E-state index in [1.165, 1.54) is 0 Å². The predicted octanol–water partition coefficient (Wildman–Crippen LogP) is 3.21. The van der Waals surface area contributed by atoms with Gasteiger partial charge in [0.25, 0.3) is 0 Å². The Bertz CT molecular complexity index is 517. The summed E-state index contributed by atoms with van der Waals surface area (Å²) < 4.78 is 0. The zero-order chi connectivity index (χ0) is 12.3. The molecule has 2 aromatic rings. The maximum Gasteiger partial charge on any atom is 0.315 e. The fourth-order valence-corrected chi connectivity index (χ4v) is 1.97. The molecule has 0 saturated heterocycles. The molecule has 0 fully saturated rings. The molecule has 0 radical (unpaired) electrons. The molecule has 0 heterocycles. The number of aryl methyl sites for hydroxylation is 1. The minimum absolute atomic E-state index is 0.587. The molecule has 0 aliphatic rings. The monoisotopic (exact) mass is 226 g/mol. The second-order valence-electron chi connectivity index (χ2n) is 4.10. The molecule has 2 rings (SSSR count). The number of carbonyl (C=O) groups is 1. The molecule has 0 aromatic heterocycles. The lowest BCUT2D eigenvalue weighted by Gasteiger charge is -2.13. The van der Waals surface area contributed by atoms with Gasteiger partial charge in [0.1, 0.15) is 5.92 Å². The topological polar surface area (TPSA) is 37.3 Å². The first kappa shape index (κ1) is 11.4. The van der Waals surface area contributed by atoms with Crippen molar-refractivity contribution in [1.29, 1.82) is 0 Å². The molecule has 0 amide bonds. The van der Waals surface area contributed by atoms with Crippen LogP contribution in [-0.2, 0) is 4.79 Å². The van der Waals surface area contributed by atoms with Crippen LogP contribution in [0.4, 0.5) is 0 Å². The van der Waals surface area contributed by atoms with Gasteiger partial charge in [-0.25, -0.2) is 0 Å². The average Bonchev–Trinajstić information content (AvgIpc) is 2.30. The summed E-state index contributed by atoms with van der Waals surface area (Å²) in [6.45, 7) is 1.97. The first-order chi connectivity index (χ1) is 8.18. The number of aliphatic carboxylic acids is 1. The van der Waals surface area contributed by atoms with Crippen LogP contribution in [-0.4, -0.2) is 11.1 Å². The number of hydrogen-bond donors (Lipinski definition) is 1. The van der Waals surface area contributed by atoms with Crippen molar-refractivity contribution in [3.63, 3.8) is 0 Å². The third-order valence-electron chi connectivity index (χ3n) is 2.76. The highest BCUT2D eigenvalue weighted by Crippen LogP contribution is 2.25. The van der Waals surface area contributed by atoms with Gasteiger partial charge in [-0.2, -0.15) is 0 Å². The van der Waals surface area contributed by atoms with Crippen LogP contribution in [0.2, 0.25) is 0 Å². The van der Waals surface area contributed by atoms with Crippen molar-refractivity contribution in [3.8, 4) is 0 Å². The Morgan fingerprint density at radius 3 is 2.24 bits per heavy atom. The van der Waals surface area contributed by atoms with Gasteiger partial charge >= 0.3 is 5.97 Å². The van der Waals surface area contributed by atoms with Gasteiger partial charge in [-0.05, 0) is 18.1 Å². The number of carboxylic acid groups (broad SMARTS) is 1. The summed E-state index contributed by atoms with van der Waals surface area (Å²) in [5.41, 5.74) is 2.71. The van der Waals surface area contributed by atoms with Crippen LogP contribution in [0.3, 0.4) is 0 Å². The Balaban J connectivity index is 2.47. The second-order valence-corrected chi connectivity index (χ2v) is 4.10. The van der Waals surface area contributed by atoms with Gasteiger partial charge in [-0.15, -0.1) is 0 Å². The molecule has 86 valence electrons. The third kappa shape index (κ3) is 2.53. The summed E-state index contributed by atoms with van der Waals surface area (Å²) in [7, 11) is 0. The van der Waals surface area contributed by atoms with E-state index in [1.807, 2.05) is 61.5 Å². The molecule has 1 unspecified atom stereocenters. The maximum absolute atomic E-state index is 11.4. The normalized spacial score (nSPS) is 12.1. The molecule has 2 nitrogen and oxygen atoms in total. The highest BCUT2D eigenvalue weighted by Gasteiger charge is 2.21. The predicted molar refractivity (Wildman–Crippen MR) is 67.1 cm³/mol. The van der Waals surface area contributed by atoms with Crippen LogP contribution in [0.1, 0.15) is 22.6 Å². The van der Waals surface area contributed by atoms with E-state index >= 15 is 0 Å². The van der Waals surface area contributed by atoms with E-state index < -0.39 is 11.9 Å². The van der Waals surface area contributed by atoms with Crippen molar-refractivity contribution in [2.24, 2.45) is 0 Å². The summed E-state index contributed by atoms with van der Waals surface area (Å²) in [6, 6.07) is 16.9. The first-order valence-electron chi connectivity index (χ1n) is 5.53. The largest absolute Gasteiger partial charge is 0.481 e. The Kier molecular flexibility index (Phi) is 3.24. The number of carboxylic acids is 1. The van der Waals surface area contributed by atoms with Crippen LogP contribution in [0.15, 0.2) is 54.6 Å². The zero-order valence-electron chi connectivity index (χ0n) is 9.63. The minimum Gasteiger partial charge on any atom is -0.481 e. The van der Waals surface area contributed by atoms with Crippen molar-refractivity contribution >= 4 is 5.97 Å². The van der Waals surface area contributed by atoms with E-state index in [0.717, 1.165) is 16.7 Å². The van der Waals surface area contributed by atoms with Crippen molar-refractivity contribution in [1.82, 2.24) is 0 Å². The Hall–Kier alpha value is -2.09. The maximum atomic E-state index is 11.4. The first-order valence-corrected chi connectivity index (χ1v) is 5.53. The second kappa shape index (κ2) is 4.83. The molecule has 2 heteroatoms. The molecule has 0 spiro atoms. The van der Waals surface area contributed by atoms with E-state index in [-0.39, 0.29) is 0 Å². The lowest BCUT2D eigenvalue weighted by Crippen LogP contribution is -2.13. The molecular formula is C15H14O2. The highest BCUT2D eigenvalue weighted by molar-refractivity contribution is 5.80. The fourth-order valence-electron chi connectivity index (χ4n) is 1.97. The molecular weight excluding hydrogens is 212 g/mol. The fraction of sp³-hybridized carbons (Fsp3) is 0.133.